The Balaban J connectivity index is 2.12. The van der Waals surface area contributed by atoms with Gasteiger partial charge in [0.1, 0.15) is 0 Å². The molecule has 24 heavy (non-hydrogen) atoms. The second kappa shape index (κ2) is 7.43. The summed E-state index contributed by atoms with van der Waals surface area (Å²) in [6, 6.07) is 9.94. The van der Waals surface area contributed by atoms with Crippen LogP contribution in [0.4, 0.5) is 17.6 Å². The lowest BCUT2D eigenvalue weighted by molar-refractivity contribution is -0.388. The third-order valence-corrected chi connectivity index (χ3v) is 3.26. The molecule has 0 radical (unpaired) electrons. The first-order valence-electron chi connectivity index (χ1n) is 6.90. The number of ether oxygens (including phenoxy) is 4. The molecule has 0 aliphatic carbocycles. The van der Waals surface area contributed by atoms with Crippen molar-refractivity contribution in [3.63, 3.8) is 0 Å². The first kappa shape index (κ1) is 18.6. The second-order valence-electron chi connectivity index (χ2n) is 4.93. The van der Waals surface area contributed by atoms with Gasteiger partial charge >= 0.3 is 12.6 Å². The third kappa shape index (κ3) is 5.13. The third-order valence-electron chi connectivity index (χ3n) is 3.26. The zero-order valence-electron chi connectivity index (χ0n) is 13.0. The van der Waals surface area contributed by atoms with E-state index in [2.05, 4.69) is 18.9 Å². The van der Waals surface area contributed by atoms with Crippen molar-refractivity contribution in [3.8, 4) is 0 Å². The van der Waals surface area contributed by atoms with Crippen LogP contribution in [-0.2, 0) is 32.2 Å². The minimum absolute atomic E-state index is 0.362. The van der Waals surface area contributed by atoms with Crippen LogP contribution in [0.15, 0.2) is 36.4 Å². The molecule has 0 unspecified atom stereocenters. The zero-order chi connectivity index (χ0) is 17.8. The summed E-state index contributed by atoms with van der Waals surface area (Å²) in [4.78, 5) is 0. The van der Waals surface area contributed by atoms with Crippen molar-refractivity contribution in [1.29, 1.82) is 0 Å². The van der Waals surface area contributed by atoms with Gasteiger partial charge in [0.05, 0.1) is 13.2 Å². The van der Waals surface area contributed by atoms with Gasteiger partial charge in [0.2, 0.25) is 0 Å². The molecule has 0 saturated heterocycles. The lowest BCUT2D eigenvalue weighted by Crippen LogP contribution is -2.22. The molecule has 2 aromatic rings. The van der Waals surface area contributed by atoms with Crippen LogP contribution in [-0.4, -0.2) is 26.8 Å². The monoisotopic (exact) mass is 348 g/mol. The number of hydrogen-bond acceptors (Lipinski definition) is 4. The van der Waals surface area contributed by atoms with E-state index >= 15 is 0 Å². The number of alkyl halides is 4. The number of methoxy groups -OCH3 is 2. The van der Waals surface area contributed by atoms with Crippen LogP contribution in [0.3, 0.4) is 0 Å². The summed E-state index contributed by atoms with van der Waals surface area (Å²) in [5.41, 5.74) is 0.971. The molecular formula is C16H16F4O4. The summed E-state index contributed by atoms with van der Waals surface area (Å²) in [6.07, 6.45) is -7.34. The standard InChI is InChI=1S/C16H16F4O4/c1-21-15(17,18)23-9-11-3-5-13-6-4-12(8-14(13)7-11)10-24-16(19,20)22-2/h3-8H,9-10H2,1-2H3. The highest BCUT2D eigenvalue weighted by atomic mass is 19.3. The molecule has 2 aromatic carbocycles. The Morgan fingerprint density at radius 2 is 1.12 bits per heavy atom. The fourth-order valence-corrected chi connectivity index (χ4v) is 1.98. The van der Waals surface area contributed by atoms with Crippen molar-refractivity contribution < 1.29 is 36.5 Å². The molecule has 0 amide bonds. The molecule has 0 aliphatic heterocycles. The number of halogens is 4. The van der Waals surface area contributed by atoms with E-state index in [0.717, 1.165) is 19.6 Å². The molecule has 0 aromatic heterocycles. The molecule has 2 rings (SSSR count). The minimum atomic E-state index is -3.67. The van der Waals surface area contributed by atoms with Gasteiger partial charge in [0, 0.05) is 14.2 Å². The minimum Gasteiger partial charge on any atom is -0.299 e. The lowest BCUT2D eigenvalue weighted by atomic mass is 10.0. The van der Waals surface area contributed by atoms with Crippen LogP contribution in [0.25, 0.3) is 10.8 Å². The molecule has 0 heterocycles. The molecule has 0 saturated carbocycles. The largest absolute Gasteiger partial charge is 0.485 e. The predicted octanol–water partition coefficient (Wildman–Crippen LogP) is 4.27. The quantitative estimate of drug-likeness (QED) is 0.527. The van der Waals surface area contributed by atoms with E-state index in [1.165, 1.54) is 0 Å². The summed E-state index contributed by atoms with van der Waals surface area (Å²) >= 11 is 0. The fraction of sp³-hybridized carbons (Fsp3) is 0.375. The van der Waals surface area contributed by atoms with Crippen molar-refractivity contribution in [1.82, 2.24) is 0 Å². The highest BCUT2D eigenvalue weighted by Crippen LogP contribution is 2.23. The topological polar surface area (TPSA) is 36.9 Å². The molecule has 4 nitrogen and oxygen atoms in total. The average molecular weight is 348 g/mol. The summed E-state index contributed by atoms with van der Waals surface area (Å²) in [5.74, 6) is 0. The van der Waals surface area contributed by atoms with E-state index in [0.29, 0.717) is 16.5 Å². The van der Waals surface area contributed by atoms with E-state index in [9.17, 15) is 17.6 Å². The normalized spacial score (nSPS) is 12.8. The van der Waals surface area contributed by atoms with Gasteiger partial charge in [-0.1, -0.05) is 24.3 Å². The Bertz CT molecular complexity index is 636. The molecule has 0 N–H and O–H groups in total. The fourth-order valence-electron chi connectivity index (χ4n) is 1.98. The Kier molecular flexibility index (Phi) is 5.76. The van der Waals surface area contributed by atoms with Crippen molar-refractivity contribution in [2.45, 2.75) is 25.8 Å². The maximum absolute atomic E-state index is 12.9. The predicted molar refractivity (Wildman–Crippen MR) is 77.4 cm³/mol. The van der Waals surface area contributed by atoms with E-state index < -0.39 is 12.6 Å². The van der Waals surface area contributed by atoms with Crippen LogP contribution in [0.2, 0.25) is 0 Å². The Morgan fingerprint density at radius 3 is 1.50 bits per heavy atom. The number of hydrogen-bond donors (Lipinski definition) is 0. The van der Waals surface area contributed by atoms with E-state index in [-0.39, 0.29) is 13.2 Å². The summed E-state index contributed by atoms with van der Waals surface area (Å²) < 4.78 is 68.2. The Hall–Kier alpha value is -1.74. The Labute approximate surface area is 135 Å². The molecular weight excluding hydrogens is 332 g/mol. The van der Waals surface area contributed by atoms with Gasteiger partial charge in [-0.15, -0.1) is 17.6 Å². The van der Waals surface area contributed by atoms with Crippen LogP contribution >= 0.6 is 0 Å². The van der Waals surface area contributed by atoms with Gasteiger partial charge in [0.25, 0.3) is 0 Å². The average Bonchev–Trinajstić information content (AvgIpc) is 2.58. The number of benzene rings is 2. The van der Waals surface area contributed by atoms with Crippen molar-refractivity contribution >= 4 is 10.8 Å². The summed E-state index contributed by atoms with van der Waals surface area (Å²) in [5, 5.41) is 1.50. The van der Waals surface area contributed by atoms with Gasteiger partial charge in [-0.25, -0.2) is 0 Å². The second-order valence-corrected chi connectivity index (χ2v) is 4.93. The van der Waals surface area contributed by atoms with Gasteiger partial charge in [0.15, 0.2) is 0 Å². The zero-order valence-corrected chi connectivity index (χ0v) is 13.0. The van der Waals surface area contributed by atoms with Crippen LogP contribution < -0.4 is 0 Å². The van der Waals surface area contributed by atoms with Crippen molar-refractivity contribution in [2.24, 2.45) is 0 Å². The van der Waals surface area contributed by atoms with Crippen molar-refractivity contribution in [3.05, 3.63) is 47.5 Å². The molecule has 0 atom stereocenters. The first-order valence-corrected chi connectivity index (χ1v) is 6.90. The summed E-state index contributed by atoms with van der Waals surface area (Å²) in [7, 11) is 1.67. The van der Waals surface area contributed by atoms with Gasteiger partial charge < -0.3 is 0 Å². The molecule has 0 fully saturated rings. The maximum atomic E-state index is 12.9. The molecule has 0 spiro atoms. The van der Waals surface area contributed by atoms with Crippen LogP contribution in [0, 0.1) is 0 Å². The molecule has 132 valence electrons. The van der Waals surface area contributed by atoms with E-state index in [1.54, 1.807) is 36.4 Å². The van der Waals surface area contributed by atoms with E-state index in [1.807, 2.05) is 0 Å². The highest BCUT2D eigenvalue weighted by Gasteiger charge is 2.30. The van der Waals surface area contributed by atoms with Crippen LogP contribution in [0.5, 0.6) is 0 Å². The van der Waals surface area contributed by atoms with E-state index in [4.69, 9.17) is 0 Å². The van der Waals surface area contributed by atoms with Gasteiger partial charge in [-0.2, -0.15) is 0 Å². The molecule has 8 heteroatoms. The Morgan fingerprint density at radius 1 is 0.708 bits per heavy atom. The SMILES string of the molecule is COC(F)(F)OCc1ccc2ccc(COC(F)(F)OC)cc2c1. The highest BCUT2D eigenvalue weighted by molar-refractivity contribution is 5.83. The maximum Gasteiger partial charge on any atom is 0.485 e. The molecule has 0 bridgehead atoms. The number of fused-ring (bicyclic) bond motifs is 1. The van der Waals surface area contributed by atoms with Gasteiger partial charge in [-0.05, 0) is 34.0 Å². The van der Waals surface area contributed by atoms with Crippen LogP contribution in [0.1, 0.15) is 11.1 Å². The smallest absolute Gasteiger partial charge is 0.299 e. The van der Waals surface area contributed by atoms with Crippen molar-refractivity contribution in [2.75, 3.05) is 14.2 Å². The molecule has 0 aliphatic rings. The first-order chi connectivity index (χ1) is 11.2. The summed E-state index contributed by atoms with van der Waals surface area (Å²) in [6.45, 7) is -0.724. The van der Waals surface area contributed by atoms with Gasteiger partial charge in [-0.3, -0.25) is 18.9 Å². The number of rotatable bonds is 8. The lowest BCUT2D eigenvalue weighted by Gasteiger charge is -2.15.